The second-order valence-electron chi connectivity index (χ2n) is 3.69. The van der Waals surface area contributed by atoms with E-state index in [-0.39, 0.29) is 5.82 Å². The molecule has 2 rings (SSSR count). The number of benzene rings is 1. The number of hydrogen-bond acceptors (Lipinski definition) is 4. The molecule has 0 bridgehead atoms. The number of nitrogens with zero attached hydrogens (tertiary/aromatic N) is 2. The van der Waals surface area contributed by atoms with Crippen LogP contribution in [0.4, 0.5) is 14.6 Å². The first-order valence-corrected chi connectivity index (χ1v) is 6.75. The highest BCUT2D eigenvalue weighted by Gasteiger charge is 2.21. The Morgan fingerprint density at radius 3 is 2.55 bits per heavy atom. The Kier molecular flexibility index (Phi) is 3.63. The molecule has 0 aliphatic heterocycles. The largest absolute Gasteiger partial charge is 0.264 e. The minimum absolute atomic E-state index is 0.139. The summed E-state index contributed by atoms with van der Waals surface area (Å²) in [6.07, 6.45) is 0.828. The van der Waals surface area contributed by atoms with E-state index < -0.39 is 32.1 Å². The van der Waals surface area contributed by atoms with Gasteiger partial charge in [0.2, 0.25) is 0 Å². The molecule has 0 saturated carbocycles. The van der Waals surface area contributed by atoms with Gasteiger partial charge in [0.15, 0.2) is 0 Å². The number of halogens is 2. The maximum Gasteiger partial charge on any atom is 0.264 e. The molecule has 0 unspecified atom stereocenters. The molecule has 0 radical (unpaired) electrons. The van der Waals surface area contributed by atoms with E-state index >= 15 is 0 Å². The third kappa shape index (κ3) is 2.73. The first-order chi connectivity index (χ1) is 9.44. The fraction of sp³-hybridized carbons (Fsp3) is 0. The van der Waals surface area contributed by atoms with Crippen LogP contribution in [0, 0.1) is 23.0 Å². The average molecular weight is 295 g/mol. The van der Waals surface area contributed by atoms with E-state index in [0.717, 1.165) is 30.5 Å². The van der Waals surface area contributed by atoms with Crippen molar-refractivity contribution in [1.29, 1.82) is 5.26 Å². The van der Waals surface area contributed by atoms with Gasteiger partial charge in [-0.25, -0.2) is 22.2 Å². The zero-order valence-corrected chi connectivity index (χ0v) is 10.7. The SMILES string of the molecule is N#Cc1c(F)cccc1S(=O)(=O)Nc1ccc(F)cn1. The zero-order chi connectivity index (χ0) is 14.8. The Labute approximate surface area is 113 Å². The number of hydrogen-bond donors (Lipinski definition) is 1. The summed E-state index contributed by atoms with van der Waals surface area (Å²) in [7, 11) is -4.19. The fourth-order valence-electron chi connectivity index (χ4n) is 1.47. The number of aromatic nitrogens is 1. The van der Waals surface area contributed by atoms with E-state index in [1.807, 2.05) is 4.72 Å². The minimum atomic E-state index is -4.19. The molecular formula is C12H7F2N3O2S. The maximum atomic E-state index is 13.4. The molecular weight excluding hydrogens is 288 g/mol. The van der Waals surface area contributed by atoms with Gasteiger partial charge in [0.1, 0.15) is 34.0 Å². The molecule has 102 valence electrons. The third-order valence-corrected chi connectivity index (χ3v) is 3.74. The Hall–Kier alpha value is -2.53. The van der Waals surface area contributed by atoms with Crippen LogP contribution in [-0.2, 0) is 10.0 Å². The molecule has 0 saturated heterocycles. The fourth-order valence-corrected chi connectivity index (χ4v) is 2.64. The van der Waals surface area contributed by atoms with Crippen molar-refractivity contribution in [1.82, 2.24) is 4.98 Å². The van der Waals surface area contributed by atoms with Gasteiger partial charge in [-0.15, -0.1) is 0 Å². The van der Waals surface area contributed by atoms with Crippen molar-refractivity contribution in [2.24, 2.45) is 0 Å². The maximum absolute atomic E-state index is 13.4. The second-order valence-corrected chi connectivity index (χ2v) is 5.34. The van der Waals surface area contributed by atoms with Crippen LogP contribution in [0.25, 0.3) is 0 Å². The lowest BCUT2D eigenvalue weighted by Crippen LogP contribution is -2.15. The summed E-state index contributed by atoms with van der Waals surface area (Å²) in [6, 6.07) is 6.86. The molecule has 2 aromatic rings. The molecule has 20 heavy (non-hydrogen) atoms. The van der Waals surface area contributed by atoms with Crippen LogP contribution in [0.2, 0.25) is 0 Å². The van der Waals surface area contributed by atoms with E-state index in [1.165, 1.54) is 12.1 Å². The molecule has 0 spiro atoms. The lowest BCUT2D eigenvalue weighted by atomic mass is 10.2. The summed E-state index contributed by atoms with van der Waals surface area (Å²) >= 11 is 0. The molecule has 0 aliphatic carbocycles. The Balaban J connectivity index is 2.44. The number of sulfonamides is 1. The first-order valence-electron chi connectivity index (χ1n) is 5.27. The monoisotopic (exact) mass is 295 g/mol. The minimum Gasteiger partial charge on any atom is -0.263 e. The van der Waals surface area contributed by atoms with E-state index in [2.05, 4.69) is 4.98 Å². The predicted molar refractivity (Wildman–Crippen MR) is 66.1 cm³/mol. The van der Waals surface area contributed by atoms with Crippen molar-refractivity contribution in [2.45, 2.75) is 4.90 Å². The summed E-state index contributed by atoms with van der Waals surface area (Å²) in [6.45, 7) is 0. The van der Waals surface area contributed by atoms with Crippen molar-refractivity contribution in [2.75, 3.05) is 4.72 Å². The molecule has 1 aromatic heterocycles. The number of anilines is 1. The van der Waals surface area contributed by atoms with Crippen LogP contribution in [0.5, 0.6) is 0 Å². The first kappa shape index (κ1) is 13.9. The van der Waals surface area contributed by atoms with Gasteiger partial charge < -0.3 is 0 Å². The van der Waals surface area contributed by atoms with Crippen molar-refractivity contribution in [3.8, 4) is 6.07 Å². The van der Waals surface area contributed by atoms with Crippen LogP contribution < -0.4 is 4.72 Å². The van der Waals surface area contributed by atoms with Crippen molar-refractivity contribution < 1.29 is 17.2 Å². The number of nitriles is 1. The van der Waals surface area contributed by atoms with Gasteiger partial charge in [-0.05, 0) is 24.3 Å². The summed E-state index contributed by atoms with van der Waals surface area (Å²) < 4.78 is 52.2. The van der Waals surface area contributed by atoms with Gasteiger partial charge in [0, 0.05) is 0 Å². The Bertz CT molecular complexity index is 783. The van der Waals surface area contributed by atoms with Crippen molar-refractivity contribution in [3.05, 3.63) is 53.7 Å². The van der Waals surface area contributed by atoms with Gasteiger partial charge in [0.25, 0.3) is 10.0 Å². The molecule has 5 nitrogen and oxygen atoms in total. The van der Waals surface area contributed by atoms with Gasteiger partial charge in [-0.3, -0.25) is 4.72 Å². The van der Waals surface area contributed by atoms with E-state index in [1.54, 1.807) is 0 Å². The lowest BCUT2D eigenvalue weighted by Gasteiger charge is -2.08. The Morgan fingerprint density at radius 1 is 1.20 bits per heavy atom. The van der Waals surface area contributed by atoms with E-state index in [9.17, 15) is 17.2 Å². The van der Waals surface area contributed by atoms with Gasteiger partial charge in [-0.1, -0.05) is 6.07 Å². The zero-order valence-electron chi connectivity index (χ0n) is 9.84. The van der Waals surface area contributed by atoms with E-state index in [4.69, 9.17) is 5.26 Å². The Morgan fingerprint density at radius 2 is 1.95 bits per heavy atom. The molecule has 0 aliphatic rings. The van der Waals surface area contributed by atoms with Crippen LogP contribution in [-0.4, -0.2) is 13.4 Å². The highest BCUT2D eigenvalue weighted by atomic mass is 32.2. The summed E-state index contributed by atoms with van der Waals surface area (Å²) in [5, 5.41) is 8.82. The van der Waals surface area contributed by atoms with Gasteiger partial charge in [-0.2, -0.15) is 5.26 Å². The van der Waals surface area contributed by atoms with Gasteiger partial charge in [0.05, 0.1) is 6.20 Å². The summed E-state index contributed by atoms with van der Waals surface area (Å²) in [5.74, 6) is -1.71. The normalized spacial score (nSPS) is 10.8. The molecule has 1 heterocycles. The standard InChI is InChI=1S/C12H7F2N3O2S/c13-8-4-5-12(16-7-8)17-20(18,19)11-3-1-2-10(14)9(11)6-15/h1-5,7H,(H,16,17). The molecule has 0 amide bonds. The molecule has 8 heteroatoms. The highest BCUT2D eigenvalue weighted by Crippen LogP contribution is 2.20. The molecule has 0 atom stereocenters. The number of pyridine rings is 1. The van der Waals surface area contributed by atoms with Crippen LogP contribution in [0.1, 0.15) is 5.56 Å². The van der Waals surface area contributed by atoms with Crippen LogP contribution in [0.3, 0.4) is 0 Å². The number of rotatable bonds is 3. The van der Waals surface area contributed by atoms with Crippen molar-refractivity contribution >= 4 is 15.8 Å². The topological polar surface area (TPSA) is 82.8 Å². The molecule has 0 fully saturated rings. The summed E-state index contributed by atoms with van der Waals surface area (Å²) in [4.78, 5) is 3.02. The second kappa shape index (κ2) is 5.22. The average Bonchev–Trinajstić information content (AvgIpc) is 2.41. The highest BCUT2D eigenvalue weighted by molar-refractivity contribution is 7.92. The van der Waals surface area contributed by atoms with Crippen LogP contribution >= 0.6 is 0 Å². The predicted octanol–water partition coefficient (Wildman–Crippen LogP) is 2.03. The van der Waals surface area contributed by atoms with Crippen molar-refractivity contribution in [3.63, 3.8) is 0 Å². The third-order valence-electron chi connectivity index (χ3n) is 2.34. The quantitative estimate of drug-likeness (QED) is 0.939. The molecule has 1 N–H and O–H groups in total. The van der Waals surface area contributed by atoms with E-state index in [0.29, 0.717) is 0 Å². The summed E-state index contributed by atoms with van der Waals surface area (Å²) in [5.41, 5.74) is -0.595. The van der Waals surface area contributed by atoms with Gasteiger partial charge >= 0.3 is 0 Å². The van der Waals surface area contributed by atoms with Crippen LogP contribution in [0.15, 0.2) is 41.4 Å². The number of nitrogens with one attached hydrogen (secondary N) is 1. The lowest BCUT2D eigenvalue weighted by molar-refractivity contribution is 0.593. The smallest absolute Gasteiger partial charge is 0.263 e. The molecule has 1 aromatic carbocycles.